The summed E-state index contributed by atoms with van der Waals surface area (Å²) in [4.78, 5) is 18.9. The highest BCUT2D eigenvalue weighted by Gasteiger charge is 2.25. The van der Waals surface area contributed by atoms with E-state index in [1.807, 2.05) is 18.2 Å². The van der Waals surface area contributed by atoms with Crippen molar-refractivity contribution < 1.29 is 9.18 Å². The van der Waals surface area contributed by atoms with Crippen molar-refractivity contribution in [2.45, 2.75) is 25.7 Å². The van der Waals surface area contributed by atoms with E-state index in [9.17, 15) is 9.18 Å². The minimum absolute atomic E-state index is 0.221. The number of thiophene rings is 1. The van der Waals surface area contributed by atoms with E-state index in [0.29, 0.717) is 5.56 Å². The van der Waals surface area contributed by atoms with E-state index in [4.69, 9.17) is 4.98 Å². The van der Waals surface area contributed by atoms with Crippen LogP contribution >= 0.6 is 22.7 Å². The summed E-state index contributed by atoms with van der Waals surface area (Å²) < 4.78 is 14.3. The zero-order chi connectivity index (χ0) is 19.1. The van der Waals surface area contributed by atoms with Crippen molar-refractivity contribution in [3.63, 3.8) is 0 Å². The number of aryl methyl sites for hydroxylation is 1. The van der Waals surface area contributed by atoms with Gasteiger partial charge in [-0.1, -0.05) is 12.1 Å². The number of amides is 1. The van der Waals surface area contributed by atoms with Crippen LogP contribution in [-0.4, -0.2) is 10.9 Å². The molecule has 6 heteroatoms. The van der Waals surface area contributed by atoms with Gasteiger partial charge in [-0.05, 0) is 67.6 Å². The molecule has 0 saturated carbocycles. The molecule has 140 valence electrons. The monoisotopic (exact) mass is 408 g/mol. The fourth-order valence-electron chi connectivity index (χ4n) is 3.64. The van der Waals surface area contributed by atoms with E-state index in [1.165, 1.54) is 41.1 Å². The lowest BCUT2D eigenvalue weighted by molar-refractivity contribution is 0.102. The Morgan fingerprint density at radius 1 is 1.00 bits per heavy atom. The van der Waals surface area contributed by atoms with Gasteiger partial charge in [-0.2, -0.15) is 0 Å². The summed E-state index contributed by atoms with van der Waals surface area (Å²) in [7, 11) is 0. The molecule has 0 radical (unpaired) electrons. The van der Waals surface area contributed by atoms with Gasteiger partial charge in [0, 0.05) is 16.0 Å². The molecule has 0 unspecified atom stereocenters. The standard InChI is InChI=1S/C22H17FN2OS2/c23-14-11-9-13(10-12-14)20(26)25-22-19(15-5-1-3-7-17(15)27-22)21-24-16-6-2-4-8-18(16)28-21/h2,4,6,8-12H,1,3,5,7H2,(H,25,26). The molecule has 28 heavy (non-hydrogen) atoms. The summed E-state index contributed by atoms with van der Waals surface area (Å²) in [5.74, 6) is -0.570. The van der Waals surface area contributed by atoms with Gasteiger partial charge >= 0.3 is 0 Å². The average Bonchev–Trinajstić information content (AvgIpc) is 3.28. The Hall–Kier alpha value is -2.57. The van der Waals surface area contributed by atoms with E-state index >= 15 is 0 Å². The van der Waals surface area contributed by atoms with Gasteiger partial charge in [-0.15, -0.1) is 22.7 Å². The molecule has 0 aliphatic heterocycles. The number of hydrogen-bond acceptors (Lipinski definition) is 4. The molecule has 0 bridgehead atoms. The quantitative estimate of drug-likeness (QED) is 0.432. The molecule has 3 nitrogen and oxygen atoms in total. The molecule has 5 rings (SSSR count). The van der Waals surface area contributed by atoms with E-state index in [-0.39, 0.29) is 11.7 Å². The third-order valence-corrected chi connectivity index (χ3v) is 7.27. The maximum atomic E-state index is 13.2. The van der Waals surface area contributed by atoms with Crippen LogP contribution in [0.25, 0.3) is 20.8 Å². The van der Waals surface area contributed by atoms with Crippen LogP contribution in [0, 0.1) is 5.82 Å². The molecule has 0 spiro atoms. The zero-order valence-electron chi connectivity index (χ0n) is 15.0. The Labute approximate surface area is 169 Å². The van der Waals surface area contributed by atoms with E-state index in [2.05, 4.69) is 11.4 Å². The van der Waals surface area contributed by atoms with Crippen molar-refractivity contribution >= 4 is 43.8 Å². The molecular weight excluding hydrogens is 391 g/mol. The number of anilines is 1. The van der Waals surface area contributed by atoms with Crippen LogP contribution in [0.3, 0.4) is 0 Å². The largest absolute Gasteiger partial charge is 0.313 e. The molecule has 4 aromatic rings. The number of carbonyl (C=O) groups is 1. The van der Waals surface area contributed by atoms with Crippen molar-refractivity contribution in [1.29, 1.82) is 0 Å². The molecule has 2 heterocycles. The highest BCUT2D eigenvalue weighted by Crippen LogP contribution is 2.46. The smallest absolute Gasteiger partial charge is 0.256 e. The second-order valence-corrected chi connectivity index (χ2v) is 9.00. The average molecular weight is 409 g/mol. The molecule has 0 saturated heterocycles. The summed E-state index contributed by atoms with van der Waals surface area (Å²) in [6.07, 6.45) is 4.40. The number of thiazole rings is 1. The Morgan fingerprint density at radius 2 is 1.79 bits per heavy atom. The number of nitrogens with zero attached hydrogens (tertiary/aromatic N) is 1. The normalized spacial score (nSPS) is 13.5. The fourth-order valence-corrected chi connectivity index (χ4v) is 6.03. The van der Waals surface area contributed by atoms with Gasteiger partial charge in [0.25, 0.3) is 5.91 Å². The molecule has 1 amide bonds. The SMILES string of the molecule is O=C(Nc1sc2c(c1-c1nc3ccccc3s1)CCCC2)c1ccc(F)cc1. The number of nitrogens with one attached hydrogen (secondary N) is 1. The molecule has 0 fully saturated rings. The highest BCUT2D eigenvalue weighted by molar-refractivity contribution is 7.22. The lowest BCUT2D eigenvalue weighted by atomic mass is 9.95. The summed E-state index contributed by atoms with van der Waals surface area (Å²) >= 11 is 3.32. The number of fused-ring (bicyclic) bond motifs is 2. The third-order valence-electron chi connectivity index (χ3n) is 5.01. The molecule has 1 N–H and O–H groups in total. The van der Waals surface area contributed by atoms with E-state index in [0.717, 1.165) is 45.1 Å². The van der Waals surface area contributed by atoms with Gasteiger partial charge in [0.05, 0.1) is 10.2 Å². The van der Waals surface area contributed by atoms with Gasteiger partial charge in [0.2, 0.25) is 0 Å². The maximum absolute atomic E-state index is 13.2. The number of para-hydroxylation sites is 1. The van der Waals surface area contributed by atoms with Crippen LogP contribution in [0.2, 0.25) is 0 Å². The molecule has 2 aromatic carbocycles. The highest BCUT2D eigenvalue weighted by atomic mass is 32.1. The first-order chi connectivity index (χ1) is 13.7. The van der Waals surface area contributed by atoms with E-state index in [1.54, 1.807) is 22.7 Å². The van der Waals surface area contributed by atoms with Crippen LogP contribution in [-0.2, 0) is 12.8 Å². The summed E-state index contributed by atoms with van der Waals surface area (Å²) in [6.45, 7) is 0. The van der Waals surface area contributed by atoms with Gasteiger partial charge in [-0.3, -0.25) is 4.79 Å². The van der Waals surface area contributed by atoms with Crippen LogP contribution in [0.4, 0.5) is 9.39 Å². The Kier molecular flexibility index (Phi) is 4.45. The number of hydrogen-bond donors (Lipinski definition) is 1. The molecule has 0 atom stereocenters. The number of aromatic nitrogens is 1. The van der Waals surface area contributed by atoms with Crippen molar-refractivity contribution in [2.24, 2.45) is 0 Å². The van der Waals surface area contributed by atoms with Crippen molar-refractivity contribution in [3.8, 4) is 10.6 Å². The number of benzene rings is 2. The first kappa shape index (κ1) is 17.5. The van der Waals surface area contributed by atoms with Crippen LogP contribution < -0.4 is 5.32 Å². The van der Waals surface area contributed by atoms with Crippen LogP contribution in [0.5, 0.6) is 0 Å². The second kappa shape index (κ2) is 7.11. The topological polar surface area (TPSA) is 42.0 Å². The predicted octanol–water partition coefficient (Wildman–Crippen LogP) is 6.30. The zero-order valence-corrected chi connectivity index (χ0v) is 16.6. The van der Waals surface area contributed by atoms with Crippen molar-refractivity contribution in [3.05, 3.63) is 70.4 Å². The Morgan fingerprint density at radius 3 is 2.61 bits per heavy atom. The number of carbonyl (C=O) groups excluding carboxylic acids is 1. The molecule has 1 aliphatic rings. The van der Waals surface area contributed by atoms with Crippen molar-refractivity contribution in [2.75, 3.05) is 5.32 Å². The second-order valence-electron chi connectivity index (χ2n) is 6.86. The first-order valence-corrected chi connectivity index (χ1v) is 10.9. The molecule has 2 aromatic heterocycles. The minimum Gasteiger partial charge on any atom is -0.313 e. The van der Waals surface area contributed by atoms with Crippen molar-refractivity contribution in [1.82, 2.24) is 4.98 Å². The lowest BCUT2D eigenvalue weighted by Crippen LogP contribution is -2.11. The third kappa shape index (κ3) is 3.12. The number of rotatable bonds is 3. The summed E-state index contributed by atoms with van der Waals surface area (Å²) in [5, 5.41) is 4.87. The van der Waals surface area contributed by atoms with Gasteiger partial charge < -0.3 is 5.32 Å². The molecular formula is C22H17FN2OS2. The summed E-state index contributed by atoms with van der Waals surface area (Å²) in [5.41, 5.74) is 3.82. The lowest BCUT2D eigenvalue weighted by Gasteiger charge is -2.11. The maximum Gasteiger partial charge on any atom is 0.256 e. The summed E-state index contributed by atoms with van der Waals surface area (Å²) in [6, 6.07) is 13.7. The van der Waals surface area contributed by atoms with Gasteiger partial charge in [-0.25, -0.2) is 9.37 Å². The Bertz CT molecular complexity index is 1140. The molecule has 1 aliphatic carbocycles. The van der Waals surface area contributed by atoms with Crippen LogP contribution in [0.15, 0.2) is 48.5 Å². The fraction of sp³-hybridized carbons (Fsp3) is 0.182. The first-order valence-electron chi connectivity index (χ1n) is 9.26. The Balaban J connectivity index is 1.58. The predicted molar refractivity (Wildman–Crippen MR) is 114 cm³/mol. The minimum atomic E-state index is -0.349. The van der Waals surface area contributed by atoms with Gasteiger partial charge in [0.1, 0.15) is 15.8 Å². The van der Waals surface area contributed by atoms with E-state index < -0.39 is 0 Å². The van der Waals surface area contributed by atoms with Crippen LogP contribution in [0.1, 0.15) is 33.6 Å². The van der Waals surface area contributed by atoms with Gasteiger partial charge in [0.15, 0.2) is 0 Å². The number of halogens is 1.